The van der Waals surface area contributed by atoms with Crippen LogP contribution in [0.4, 0.5) is 5.69 Å². The van der Waals surface area contributed by atoms with E-state index >= 15 is 0 Å². The van der Waals surface area contributed by atoms with Gasteiger partial charge in [0, 0.05) is 23.9 Å². The summed E-state index contributed by atoms with van der Waals surface area (Å²) in [6, 6.07) is 5.92. The Balaban J connectivity index is 2.37. The smallest absolute Gasteiger partial charge is 0.158 e. The molecule has 0 radical (unpaired) electrons. The largest absolute Gasteiger partial charge is 0.392 e. The Bertz CT molecular complexity index is 497. The van der Waals surface area contributed by atoms with Gasteiger partial charge < -0.3 is 10.0 Å². The van der Waals surface area contributed by atoms with Crippen LogP contribution in [0.1, 0.15) is 25.8 Å². The van der Waals surface area contributed by atoms with Crippen LogP contribution in [0.15, 0.2) is 34.2 Å². The van der Waals surface area contributed by atoms with Crippen LogP contribution in [-0.4, -0.2) is 17.4 Å². The Morgan fingerprint density at radius 2 is 2.22 bits per heavy atom. The van der Waals surface area contributed by atoms with Crippen molar-refractivity contribution < 1.29 is 9.90 Å². The van der Waals surface area contributed by atoms with E-state index in [1.54, 1.807) is 17.8 Å². The van der Waals surface area contributed by atoms with Gasteiger partial charge in [-0.15, -0.1) is 0 Å². The summed E-state index contributed by atoms with van der Waals surface area (Å²) in [5.41, 5.74) is 1.99. The molecule has 0 saturated carbocycles. The summed E-state index contributed by atoms with van der Waals surface area (Å²) in [6.45, 7) is 4.79. The second kappa shape index (κ2) is 5.59. The number of aliphatic hydroxyl groups is 1. The summed E-state index contributed by atoms with van der Waals surface area (Å²) in [5.74, 6) is 0.145. The Morgan fingerprint density at radius 3 is 2.83 bits per heavy atom. The van der Waals surface area contributed by atoms with E-state index in [1.807, 2.05) is 25.1 Å². The zero-order valence-electron chi connectivity index (χ0n) is 10.6. The first-order chi connectivity index (χ1) is 8.69. The second-order valence-electron chi connectivity index (χ2n) is 4.11. The molecule has 0 aliphatic carbocycles. The fourth-order valence-corrected chi connectivity index (χ4v) is 3.08. The third kappa shape index (κ3) is 2.44. The van der Waals surface area contributed by atoms with E-state index in [2.05, 4.69) is 11.8 Å². The molecule has 4 heteroatoms. The van der Waals surface area contributed by atoms with Gasteiger partial charge in [-0.2, -0.15) is 0 Å². The molecule has 96 valence electrons. The minimum Gasteiger partial charge on any atom is -0.392 e. The molecule has 0 saturated heterocycles. The van der Waals surface area contributed by atoms with Crippen molar-refractivity contribution in [1.29, 1.82) is 0 Å². The highest BCUT2D eigenvalue weighted by molar-refractivity contribution is 8.03. The number of hydrogen-bond donors (Lipinski definition) is 1. The van der Waals surface area contributed by atoms with Gasteiger partial charge in [-0.3, -0.25) is 4.79 Å². The lowest BCUT2D eigenvalue weighted by molar-refractivity contribution is -0.114. The average molecular weight is 263 g/mol. The molecule has 0 amide bonds. The Hall–Kier alpha value is -1.26. The molecule has 1 heterocycles. The number of hydrogen-bond acceptors (Lipinski definition) is 4. The van der Waals surface area contributed by atoms with E-state index in [-0.39, 0.29) is 12.4 Å². The van der Waals surface area contributed by atoms with Gasteiger partial charge in [0.15, 0.2) is 5.78 Å². The van der Waals surface area contributed by atoms with Gasteiger partial charge >= 0.3 is 0 Å². The van der Waals surface area contributed by atoms with Gasteiger partial charge in [-0.05, 0) is 24.6 Å². The van der Waals surface area contributed by atoms with Crippen LogP contribution in [-0.2, 0) is 11.4 Å². The average Bonchev–Trinajstić information content (AvgIpc) is 2.74. The molecule has 0 unspecified atom stereocenters. The number of anilines is 1. The zero-order chi connectivity index (χ0) is 13.1. The van der Waals surface area contributed by atoms with Crippen molar-refractivity contribution in [1.82, 2.24) is 0 Å². The number of nitrogens with zero attached hydrogens (tertiary/aromatic N) is 1. The number of fused-ring (bicyclic) bond motifs is 1. The number of carbonyl (C=O) groups is 1. The van der Waals surface area contributed by atoms with Crippen LogP contribution in [0.25, 0.3) is 0 Å². The lowest BCUT2D eigenvalue weighted by atomic mass is 10.2. The monoisotopic (exact) mass is 263 g/mol. The molecule has 0 fully saturated rings. The highest BCUT2D eigenvalue weighted by atomic mass is 32.2. The highest BCUT2D eigenvalue weighted by Crippen LogP contribution is 2.46. The van der Waals surface area contributed by atoms with Crippen molar-refractivity contribution in [2.75, 3.05) is 11.4 Å². The number of benzene rings is 1. The number of allylic oxidation sites excluding steroid dienone is 1. The first-order valence-electron chi connectivity index (χ1n) is 6.13. The fraction of sp³-hybridized carbons (Fsp3) is 0.357. The molecule has 1 aliphatic rings. The summed E-state index contributed by atoms with van der Waals surface area (Å²) in [4.78, 5) is 14.8. The molecule has 0 atom stereocenters. The zero-order valence-corrected chi connectivity index (χ0v) is 11.5. The van der Waals surface area contributed by atoms with Crippen LogP contribution in [0.5, 0.6) is 0 Å². The summed E-state index contributed by atoms with van der Waals surface area (Å²) < 4.78 is 0. The van der Waals surface area contributed by atoms with Gasteiger partial charge in [-0.25, -0.2) is 0 Å². The second-order valence-corrected chi connectivity index (χ2v) is 5.17. The van der Waals surface area contributed by atoms with Crippen LogP contribution in [0.2, 0.25) is 0 Å². The Morgan fingerprint density at radius 1 is 1.44 bits per heavy atom. The highest BCUT2D eigenvalue weighted by Gasteiger charge is 2.24. The van der Waals surface area contributed by atoms with E-state index in [0.29, 0.717) is 6.42 Å². The summed E-state index contributed by atoms with van der Waals surface area (Å²) >= 11 is 1.62. The van der Waals surface area contributed by atoms with Gasteiger partial charge in [0.25, 0.3) is 0 Å². The number of rotatable bonds is 4. The molecule has 1 N–H and O–H groups in total. The minimum absolute atomic E-state index is 0.0441. The molecule has 18 heavy (non-hydrogen) atoms. The summed E-state index contributed by atoms with van der Waals surface area (Å²) in [5, 5.41) is 10.2. The van der Waals surface area contributed by atoms with Crippen LogP contribution in [0.3, 0.4) is 0 Å². The molecule has 0 bridgehead atoms. The molecular weight excluding hydrogens is 246 g/mol. The van der Waals surface area contributed by atoms with E-state index in [4.69, 9.17) is 0 Å². The quantitative estimate of drug-likeness (QED) is 0.848. The lowest BCUT2D eigenvalue weighted by Crippen LogP contribution is -2.17. The number of carbonyl (C=O) groups excluding carboxylic acids is 1. The fourth-order valence-electron chi connectivity index (χ4n) is 1.92. The maximum Gasteiger partial charge on any atom is 0.158 e. The topological polar surface area (TPSA) is 40.5 Å². The first kappa shape index (κ1) is 13.2. The lowest BCUT2D eigenvalue weighted by Gasteiger charge is -2.18. The predicted molar refractivity (Wildman–Crippen MR) is 74.6 cm³/mol. The third-order valence-electron chi connectivity index (χ3n) is 2.93. The number of thioether (sulfide) groups is 1. The van der Waals surface area contributed by atoms with Gasteiger partial charge in [-0.1, -0.05) is 24.8 Å². The predicted octanol–water partition coefficient (Wildman–Crippen LogP) is 2.93. The van der Waals surface area contributed by atoms with Crippen molar-refractivity contribution >= 4 is 23.2 Å². The van der Waals surface area contributed by atoms with Crippen molar-refractivity contribution in [2.45, 2.75) is 31.8 Å². The van der Waals surface area contributed by atoms with Gasteiger partial charge in [0.05, 0.1) is 17.3 Å². The van der Waals surface area contributed by atoms with Crippen LogP contribution in [0, 0.1) is 0 Å². The Kier molecular flexibility index (Phi) is 4.09. The van der Waals surface area contributed by atoms with Gasteiger partial charge in [0.2, 0.25) is 0 Å². The summed E-state index contributed by atoms with van der Waals surface area (Å²) in [6.07, 6.45) is 2.24. The molecule has 3 nitrogen and oxygen atoms in total. The van der Waals surface area contributed by atoms with Crippen molar-refractivity contribution in [3.63, 3.8) is 0 Å². The first-order valence-corrected chi connectivity index (χ1v) is 6.95. The SMILES string of the molecule is CCC(=O)/C=C1\Sc2ccc(CO)cc2N1CC. The normalized spacial score (nSPS) is 16.2. The standard InChI is InChI=1S/C14H17NO2S/c1-3-11(17)8-14-15(4-2)12-7-10(9-16)5-6-13(12)18-14/h5-8,16H,3-4,9H2,1-2H3/b14-8-. The molecule has 1 aromatic rings. The number of aliphatic hydroxyl groups excluding tert-OH is 1. The minimum atomic E-state index is 0.0441. The maximum absolute atomic E-state index is 11.5. The van der Waals surface area contributed by atoms with E-state index < -0.39 is 0 Å². The van der Waals surface area contributed by atoms with E-state index in [1.165, 1.54) is 0 Å². The van der Waals surface area contributed by atoms with E-state index in [0.717, 1.165) is 27.7 Å². The third-order valence-corrected chi connectivity index (χ3v) is 4.04. The van der Waals surface area contributed by atoms with E-state index in [9.17, 15) is 9.90 Å². The van der Waals surface area contributed by atoms with Crippen LogP contribution >= 0.6 is 11.8 Å². The van der Waals surface area contributed by atoms with Crippen molar-refractivity contribution in [3.05, 3.63) is 34.9 Å². The molecule has 1 aromatic carbocycles. The van der Waals surface area contributed by atoms with Gasteiger partial charge in [0.1, 0.15) is 0 Å². The van der Waals surface area contributed by atoms with Crippen molar-refractivity contribution in [3.8, 4) is 0 Å². The molecule has 2 rings (SSSR count). The maximum atomic E-state index is 11.5. The summed E-state index contributed by atoms with van der Waals surface area (Å²) in [7, 11) is 0. The molecule has 0 spiro atoms. The van der Waals surface area contributed by atoms with Crippen molar-refractivity contribution in [2.24, 2.45) is 0 Å². The molecular formula is C14H17NO2S. The molecule has 1 aliphatic heterocycles. The number of ketones is 1. The van der Waals surface area contributed by atoms with Crippen LogP contribution < -0.4 is 4.90 Å². The molecule has 0 aromatic heterocycles. The Labute approximate surface area is 111 Å².